The van der Waals surface area contributed by atoms with Crippen LogP contribution < -0.4 is 0 Å². The highest BCUT2D eigenvalue weighted by atomic mass is 16.6. The largest absolute Gasteiger partial charge is 0.462 e. The highest BCUT2D eigenvalue weighted by molar-refractivity contribution is 5.70. The minimum atomic E-state index is -0.768. The van der Waals surface area contributed by atoms with Crippen LogP contribution in [0.4, 0.5) is 0 Å². The Balaban J connectivity index is 3.34. The van der Waals surface area contributed by atoms with Crippen molar-refractivity contribution in [2.75, 3.05) is 13.2 Å². The summed E-state index contributed by atoms with van der Waals surface area (Å²) in [5, 5.41) is 9.71. The lowest BCUT2D eigenvalue weighted by Gasteiger charge is -2.15. The zero-order valence-electron chi connectivity index (χ0n) is 54.9. The fraction of sp³-hybridized carbons (Fsp3) is 0.947. The van der Waals surface area contributed by atoms with Crippen LogP contribution in [-0.4, -0.2) is 36.4 Å². The Labute approximate surface area is 502 Å². The zero-order chi connectivity index (χ0) is 57.6. The maximum Gasteiger partial charge on any atom is 0.306 e. The van der Waals surface area contributed by atoms with Gasteiger partial charge in [-0.2, -0.15) is 0 Å². The van der Waals surface area contributed by atoms with E-state index in [0.29, 0.717) is 12.8 Å². The Morgan fingerprint density at radius 3 is 0.675 bits per heavy atom. The van der Waals surface area contributed by atoms with Crippen molar-refractivity contribution in [1.29, 1.82) is 0 Å². The van der Waals surface area contributed by atoms with E-state index in [-0.39, 0.29) is 25.2 Å². The van der Waals surface area contributed by atoms with Gasteiger partial charge in [0.2, 0.25) is 0 Å². The second-order valence-corrected chi connectivity index (χ2v) is 25.7. The number of hydrogen-bond donors (Lipinski definition) is 1. The third kappa shape index (κ3) is 69.1. The van der Waals surface area contributed by atoms with E-state index in [0.717, 1.165) is 32.1 Å². The van der Waals surface area contributed by atoms with Gasteiger partial charge >= 0.3 is 11.9 Å². The Bertz CT molecular complexity index is 1180. The van der Waals surface area contributed by atoms with E-state index in [2.05, 4.69) is 26.0 Å². The molecule has 0 aliphatic rings. The summed E-state index contributed by atoms with van der Waals surface area (Å²) < 4.78 is 10.8. The molecule has 1 N–H and O–H groups in total. The molecular weight excluding hydrogens is 981 g/mol. The molecule has 0 rings (SSSR count). The number of hydrogen-bond acceptors (Lipinski definition) is 5. The Morgan fingerprint density at radius 2 is 0.463 bits per heavy atom. The number of ether oxygens (including phenoxy) is 2. The third-order valence-corrected chi connectivity index (χ3v) is 17.6. The smallest absolute Gasteiger partial charge is 0.306 e. The molecule has 0 spiro atoms. The number of aliphatic hydroxyl groups is 1. The van der Waals surface area contributed by atoms with Gasteiger partial charge in [0.25, 0.3) is 0 Å². The molecule has 1 unspecified atom stereocenters. The minimum absolute atomic E-state index is 0.0572. The van der Waals surface area contributed by atoms with Crippen LogP contribution in [0.1, 0.15) is 438 Å². The van der Waals surface area contributed by atoms with Crippen LogP contribution >= 0.6 is 0 Å². The van der Waals surface area contributed by atoms with Crippen LogP contribution in [0.2, 0.25) is 0 Å². The van der Waals surface area contributed by atoms with Gasteiger partial charge in [-0.05, 0) is 38.5 Å². The van der Waals surface area contributed by atoms with E-state index in [1.807, 2.05) is 0 Å². The number of carbonyl (C=O) groups excluding carboxylic acids is 2. The first-order valence-electron chi connectivity index (χ1n) is 37.2. The molecule has 0 aromatic carbocycles. The maximum absolute atomic E-state index is 12.4. The number of carbonyl (C=O) groups is 2. The Kier molecular flexibility index (Phi) is 70.7. The van der Waals surface area contributed by atoms with Crippen LogP contribution in [0.3, 0.4) is 0 Å². The van der Waals surface area contributed by atoms with E-state index in [1.54, 1.807) is 0 Å². The van der Waals surface area contributed by atoms with E-state index in [1.165, 1.54) is 379 Å². The molecule has 0 heterocycles. The molecule has 5 heteroatoms. The Morgan fingerprint density at radius 1 is 0.275 bits per heavy atom. The predicted molar refractivity (Wildman–Crippen MR) is 353 cm³/mol. The lowest BCUT2D eigenvalue weighted by Crippen LogP contribution is -2.28. The van der Waals surface area contributed by atoms with E-state index in [9.17, 15) is 14.7 Å². The molecule has 0 fully saturated rings. The fourth-order valence-corrected chi connectivity index (χ4v) is 12.0. The minimum Gasteiger partial charge on any atom is -0.462 e. The molecule has 0 bridgehead atoms. The van der Waals surface area contributed by atoms with E-state index >= 15 is 0 Å². The first kappa shape index (κ1) is 78.6. The van der Waals surface area contributed by atoms with Gasteiger partial charge in [-0.15, -0.1) is 0 Å². The molecule has 0 amide bonds. The maximum atomic E-state index is 12.4. The van der Waals surface area contributed by atoms with Gasteiger partial charge in [-0.1, -0.05) is 398 Å². The summed E-state index contributed by atoms with van der Waals surface area (Å²) in [5.41, 5.74) is 0. The summed E-state index contributed by atoms with van der Waals surface area (Å²) in [6.45, 7) is 4.22. The van der Waals surface area contributed by atoms with Crippen LogP contribution in [0.15, 0.2) is 12.2 Å². The lowest BCUT2D eigenvalue weighted by molar-refractivity contribution is -0.161. The van der Waals surface area contributed by atoms with Gasteiger partial charge in [0.05, 0.1) is 6.61 Å². The van der Waals surface area contributed by atoms with Crippen molar-refractivity contribution < 1.29 is 24.2 Å². The van der Waals surface area contributed by atoms with E-state index < -0.39 is 6.10 Å². The van der Waals surface area contributed by atoms with Crippen molar-refractivity contribution in [3.8, 4) is 0 Å². The van der Waals surface area contributed by atoms with Crippen molar-refractivity contribution in [3.05, 3.63) is 12.2 Å². The van der Waals surface area contributed by atoms with Crippen molar-refractivity contribution >= 4 is 11.9 Å². The standard InChI is InChI=1S/C75H146O5/c1-3-5-7-9-11-13-15-17-19-21-23-25-27-29-31-32-33-34-35-36-37-38-39-40-41-42-44-45-47-49-51-53-55-57-59-61-63-65-67-69-74(77)79-72-73(71-76)80-75(78)70-68-66-64-62-60-58-56-54-52-50-48-46-43-30-28-26-24-22-20-18-16-14-12-10-8-6-4-2/h22,24,73,76H,3-21,23,25-72H2,1-2H3/b24-22-. The average Bonchev–Trinajstić information content (AvgIpc) is 3.46. The van der Waals surface area contributed by atoms with Crippen LogP contribution in [0, 0.1) is 0 Å². The van der Waals surface area contributed by atoms with Crippen molar-refractivity contribution in [1.82, 2.24) is 0 Å². The molecule has 80 heavy (non-hydrogen) atoms. The van der Waals surface area contributed by atoms with Gasteiger partial charge in [-0.3, -0.25) is 9.59 Å². The second-order valence-electron chi connectivity index (χ2n) is 25.7. The van der Waals surface area contributed by atoms with Crippen molar-refractivity contribution in [3.63, 3.8) is 0 Å². The second kappa shape index (κ2) is 71.9. The first-order chi connectivity index (χ1) is 39.6. The van der Waals surface area contributed by atoms with Gasteiger partial charge in [-0.25, -0.2) is 0 Å². The van der Waals surface area contributed by atoms with Crippen molar-refractivity contribution in [2.45, 2.75) is 444 Å². The number of esters is 2. The highest BCUT2D eigenvalue weighted by Crippen LogP contribution is 2.20. The summed E-state index contributed by atoms with van der Waals surface area (Å²) in [6, 6.07) is 0. The predicted octanol–water partition coefficient (Wildman–Crippen LogP) is 25.8. The van der Waals surface area contributed by atoms with Gasteiger partial charge in [0, 0.05) is 12.8 Å². The molecule has 0 aliphatic heterocycles. The molecule has 0 aromatic heterocycles. The topological polar surface area (TPSA) is 72.8 Å². The zero-order valence-corrected chi connectivity index (χ0v) is 54.9. The summed E-state index contributed by atoms with van der Waals surface area (Å²) in [4.78, 5) is 24.7. The first-order valence-corrected chi connectivity index (χ1v) is 37.2. The summed E-state index contributed by atoms with van der Waals surface area (Å²) in [6.07, 6.45) is 92.9. The van der Waals surface area contributed by atoms with Crippen molar-refractivity contribution in [2.24, 2.45) is 0 Å². The van der Waals surface area contributed by atoms with Crippen LogP contribution in [0.25, 0.3) is 0 Å². The van der Waals surface area contributed by atoms with Crippen LogP contribution in [-0.2, 0) is 19.1 Å². The molecular formula is C75H146O5. The number of rotatable bonds is 71. The third-order valence-electron chi connectivity index (χ3n) is 17.6. The molecule has 0 radical (unpaired) electrons. The normalized spacial score (nSPS) is 12.1. The highest BCUT2D eigenvalue weighted by Gasteiger charge is 2.16. The molecule has 476 valence electrons. The van der Waals surface area contributed by atoms with Crippen LogP contribution in [0.5, 0.6) is 0 Å². The molecule has 0 aliphatic carbocycles. The van der Waals surface area contributed by atoms with Gasteiger partial charge in [0.15, 0.2) is 6.10 Å². The fourth-order valence-electron chi connectivity index (χ4n) is 12.0. The molecule has 0 aromatic rings. The number of allylic oxidation sites excluding steroid dienone is 2. The lowest BCUT2D eigenvalue weighted by atomic mass is 10.0. The SMILES string of the molecule is CCCCCCCCCC/C=C\CCCCCCCCCCCCCCCCCC(=O)OC(CO)COC(=O)CCCCCCCCCCCCCCCCCCCCCCCCCCCCCCCCCCCCCCCCC. The van der Waals surface area contributed by atoms with E-state index in [4.69, 9.17) is 9.47 Å². The van der Waals surface area contributed by atoms with Gasteiger partial charge in [0.1, 0.15) is 6.61 Å². The number of unbranched alkanes of at least 4 members (excludes halogenated alkanes) is 61. The average molecular weight is 1130 g/mol. The summed E-state index contributed by atoms with van der Waals surface area (Å²) in [7, 11) is 0. The molecule has 5 nitrogen and oxygen atoms in total. The quantitative estimate of drug-likeness (QED) is 0.0373. The number of aliphatic hydroxyl groups excluding tert-OH is 1. The summed E-state index contributed by atoms with van der Waals surface area (Å²) >= 11 is 0. The molecule has 0 saturated carbocycles. The Hall–Kier alpha value is -1.36. The monoisotopic (exact) mass is 1130 g/mol. The van der Waals surface area contributed by atoms with Gasteiger partial charge < -0.3 is 14.6 Å². The summed E-state index contributed by atoms with van der Waals surface area (Å²) in [5.74, 6) is -0.561. The molecule has 0 saturated heterocycles. The molecule has 1 atom stereocenters.